The maximum atomic E-state index is 12.7. The Labute approximate surface area is 122 Å². The molecule has 0 atom stereocenters. The van der Waals surface area contributed by atoms with Crippen LogP contribution in [0.4, 0.5) is 4.39 Å². The van der Waals surface area contributed by atoms with Gasteiger partial charge in [-0.2, -0.15) is 0 Å². The molecule has 0 N–H and O–H groups in total. The standard InChI is InChI=1S/C13H10BrFO3S/c1-17-13(16)11-6-10(14)12(19-11)7-18-9-4-2-8(15)3-5-9/h2-6H,7H2,1H3. The Hall–Kier alpha value is -1.40. The lowest BCUT2D eigenvalue weighted by Crippen LogP contribution is -1.97. The van der Waals surface area contributed by atoms with E-state index >= 15 is 0 Å². The lowest BCUT2D eigenvalue weighted by Gasteiger charge is -2.04. The summed E-state index contributed by atoms with van der Waals surface area (Å²) in [6, 6.07) is 7.47. The topological polar surface area (TPSA) is 35.5 Å². The van der Waals surface area contributed by atoms with Crippen LogP contribution in [-0.2, 0) is 11.3 Å². The predicted octanol–water partition coefficient (Wildman–Crippen LogP) is 4.02. The third-order valence-corrected chi connectivity index (χ3v) is 4.39. The molecule has 1 aromatic carbocycles. The van der Waals surface area contributed by atoms with Crippen molar-refractivity contribution in [2.45, 2.75) is 6.61 Å². The van der Waals surface area contributed by atoms with Crippen molar-refractivity contribution in [3.05, 3.63) is 50.4 Å². The van der Waals surface area contributed by atoms with Crippen LogP contribution in [0.5, 0.6) is 5.75 Å². The number of hydrogen-bond donors (Lipinski definition) is 0. The molecule has 0 unspecified atom stereocenters. The van der Waals surface area contributed by atoms with Gasteiger partial charge in [0.05, 0.1) is 12.0 Å². The fourth-order valence-corrected chi connectivity index (χ4v) is 3.01. The molecule has 1 heterocycles. The van der Waals surface area contributed by atoms with Gasteiger partial charge in [-0.05, 0) is 46.3 Å². The molecule has 2 aromatic rings. The number of ether oxygens (including phenoxy) is 2. The molecule has 2 rings (SSSR count). The van der Waals surface area contributed by atoms with Crippen LogP contribution in [0.25, 0.3) is 0 Å². The van der Waals surface area contributed by atoms with Crippen LogP contribution in [0.1, 0.15) is 14.5 Å². The molecular formula is C13H10BrFO3S. The van der Waals surface area contributed by atoms with E-state index in [0.717, 1.165) is 9.35 Å². The van der Waals surface area contributed by atoms with Crippen molar-refractivity contribution < 1.29 is 18.7 Å². The number of benzene rings is 1. The minimum absolute atomic E-state index is 0.299. The number of thiophene rings is 1. The molecule has 100 valence electrons. The SMILES string of the molecule is COC(=O)c1cc(Br)c(COc2ccc(F)cc2)s1. The van der Waals surface area contributed by atoms with Crippen LogP contribution in [-0.4, -0.2) is 13.1 Å². The summed E-state index contributed by atoms with van der Waals surface area (Å²) in [5, 5.41) is 0. The molecule has 1 aromatic heterocycles. The molecule has 0 saturated carbocycles. The van der Waals surface area contributed by atoms with Crippen molar-refractivity contribution in [2.75, 3.05) is 7.11 Å². The Morgan fingerprint density at radius 1 is 1.37 bits per heavy atom. The van der Waals surface area contributed by atoms with Gasteiger partial charge >= 0.3 is 5.97 Å². The second-order valence-electron chi connectivity index (χ2n) is 3.62. The largest absolute Gasteiger partial charge is 0.488 e. The Morgan fingerprint density at radius 3 is 2.68 bits per heavy atom. The van der Waals surface area contributed by atoms with Crippen LogP contribution in [0.2, 0.25) is 0 Å². The van der Waals surface area contributed by atoms with Gasteiger partial charge in [-0.25, -0.2) is 9.18 Å². The van der Waals surface area contributed by atoms with Gasteiger partial charge in [-0.1, -0.05) is 0 Å². The number of esters is 1. The summed E-state index contributed by atoms with van der Waals surface area (Å²) < 4.78 is 23.7. The van der Waals surface area contributed by atoms with Gasteiger partial charge in [0.15, 0.2) is 0 Å². The van der Waals surface area contributed by atoms with Crippen LogP contribution in [0.15, 0.2) is 34.8 Å². The molecule has 0 fully saturated rings. The Kier molecular flexibility index (Phi) is 4.55. The Bertz CT molecular complexity index is 580. The molecule has 3 nitrogen and oxygen atoms in total. The molecule has 0 radical (unpaired) electrons. The second-order valence-corrected chi connectivity index (χ2v) is 5.61. The molecule has 19 heavy (non-hydrogen) atoms. The van der Waals surface area contributed by atoms with Gasteiger partial charge in [0, 0.05) is 4.47 Å². The lowest BCUT2D eigenvalue weighted by molar-refractivity contribution is 0.0606. The number of carbonyl (C=O) groups is 1. The summed E-state index contributed by atoms with van der Waals surface area (Å²) in [4.78, 5) is 12.7. The summed E-state index contributed by atoms with van der Waals surface area (Å²) >= 11 is 4.66. The van der Waals surface area contributed by atoms with Crippen molar-refractivity contribution >= 4 is 33.2 Å². The van der Waals surface area contributed by atoms with E-state index in [4.69, 9.17) is 4.74 Å². The molecule has 0 aliphatic rings. The van der Waals surface area contributed by atoms with Crippen molar-refractivity contribution in [1.29, 1.82) is 0 Å². The highest BCUT2D eigenvalue weighted by Gasteiger charge is 2.13. The first kappa shape index (κ1) is 14.0. The Balaban J connectivity index is 2.05. The summed E-state index contributed by atoms with van der Waals surface area (Å²) in [5.41, 5.74) is 0. The molecule has 0 saturated heterocycles. The smallest absolute Gasteiger partial charge is 0.348 e. The van der Waals surface area contributed by atoms with E-state index in [1.54, 1.807) is 18.2 Å². The van der Waals surface area contributed by atoms with E-state index in [1.165, 1.54) is 30.6 Å². The minimum atomic E-state index is -0.376. The van der Waals surface area contributed by atoms with Crippen molar-refractivity contribution in [1.82, 2.24) is 0 Å². The van der Waals surface area contributed by atoms with Crippen LogP contribution >= 0.6 is 27.3 Å². The summed E-state index contributed by atoms with van der Waals surface area (Å²) in [7, 11) is 1.34. The highest BCUT2D eigenvalue weighted by atomic mass is 79.9. The van der Waals surface area contributed by atoms with E-state index in [-0.39, 0.29) is 11.8 Å². The molecule has 6 heteroatoms. The van der Waals surface area contributed by atoms with Gasteiger partial charge in [0.1, 0.15) is 23.1 Å². The average molecular weight is 345 g/mol. The quantitative estimate of drug-likeness (QED) is 0.786. The van der Waals surface area contributed by atoms with Gasteiger partial charge < -0.3 is 9.47 Å². The minimum Gasteiger partial charge on any atom is -0.488 e. The highest BCUT2D eigenvalue weighted by Crippen LogP contribution is 2.29. The van der Waals surface area contributed by atoms with E-state index in [2.05, 4.69) is 20.7 Å². The third-order valence-electron chi connectivity index (χ3n) is 2.33. The first-order chi connectivity index (χ1) is 9.10. The van der Waals surface area contributed by atoms with E-state index in [1.807, 2.05) is 0 Å². The number of halogens is 2. The summed E-state index contributed by atoms with van der Waals surface area (Å²) in [5.74, 6) is -0.113. The molecule has 0 spiro atoms. The van der Waals surface area contributed by atoms with Crippen molar-refractivity contribution in [3.63, 3.8) is 0 Å². The molecule has 0 aliphatic heterocycles. The van der Waals surface area contributed by atoms with E-state index in [0.29, 0.717) is 17.2 Å². The average Bonchev–Trinajstić information content (AvgIpc) is 2.79. The first-order valence-corrected chi connectivity index (χ1v) is 6.96. The highest BCUT2D eigenvalue weighted by molar-refractivity contribution is 9.10. The number of rotatable bonds is 4. The molecule has 0 bridgehead atoms. The predicted molar refractivity (Wildman–Crippen MR) is 74.1 cm³/mol. The van der Waals surface area contributed by atoms with Crippen LogP contribution < -0.4 is 4.74 Å². The van der Waals surface area contributed by atoms with Gasteiger partial charge in [0.2, 0.25) is 0 Å². The maximum absolute atomic E-state index is 12.7. The van der Waals surface area contributed by atoms with Crippen molar-refractivity contribution in [2.24, 2.45) is 0 Å². The van der Waals surface area contributed by atoms with Gasteiger partial charge in [0.25, 0.3) is 0 Å². The zero-order chi connectivity index (χ0) is 13.8. The number of methoxy groups -OCH3 is 1. The fraction of sp³-hybridized carbons (Fsp3) is 0.154. The van der Waals surface area contributed by atoms with Gasteiger partial charge in [-0.3, -0.25) is 0 Å². The van der Waals surface area contributed by atoms with E-state index in [9.17, 15) is 9.18 Å². The number of carbonyl (C=O) groups excluding carboxylic acids is 1. The normalized spacial score (nSPS) is 10.3. The molecular weight excluding hydrogens is 335 g/mol. The second kappa shape index (κ2) is 6.16. The van der Waals surface area contributed by atoms with Gasteiger partial charge in [-0.15, -0.1) is 11.3 Å². The summed E-state index contributed by atoms with van der Waals surface area (Å²) in [6.07, 6.45) is 0. The summed E-state index contributed by atoms with van der Waals surface area (Å²) in [6.45, 7) is 0.299. The maximum Gasteiger partial charge on any atom is 0.348 e. The zero-order valence-electron chi connectivity index (χ0n) is 9.98. The fourth-order valence-electron chi connectivity index (χ4n) is 1.39. The zero-order valence-corrected chi connectivity index (χ0v) is 12.4. The first-order valence-electron chi connectivity index (χ1n) is 5.35. The van der Waals surface area contributed by atoms with E-state index < -0.39 is 0 Å². The van der Waals surface area contributed by atoms with Crippen LogP contribution in [0, 0.1) is 5.82 Å². The monoisotopic (exact) mass is 344 g/mol. The molecule has 0 aliphatic carbocycles. The Morgan fingerprint density at radius 2 is 2.05 bits per heavy atom. The van der Waals surface area contributed by atoms with Crippen LogP contribution in [0.3, 0.4) is 0 Å². The molecule has 0 amide bonds. The lowest BCUT2D eigenvalue weighted by atomic mass is 10.3. The number of hydrogen-bond acceptors (Lipinski definition) is 4. The van der Waals surface area contributed by atoms with Crippen molar-refractivity contribution in [3.8, 4) is 5.75 Å². The third kappa shape index (κ3) is 3.54.